The molecule has 1 atom stereocenters. The summed E-state index contributed by atoms with van der Waals surface area (Å²) >= 11 is 0. The van der Waals surface area contributed by atoms with Gasteiger partial charge < -0.3 is 0 Å². The molecule has 0 aliphatic carbocycles. The Morgan fingerprint density at radius 1 is 1.71 bits per heavy atom. The fourth-order valence-corrected chi connectivity index (χ4v) is 1.72. The first kappa shape index (κ1) is 7.44. The summed E-state index contributed by atoms with van der Waals surface area (Å²) in [6.45, 7) is 5.78. The van der Waals surface area contributed by atoms with Crippen LogP contribution in [0.25, 0.3) is 0 Å². The van der Waals surface area contributed by atoms with Crippen molar-refractivity contribution in [1.82, 2.24) is 0 Å². The molecule has 0 unspecified atom stereocenters. The van der Waals surface area contributed by atoms with Crippen LogP contribution >= 0.6 is 21.6 Å². The van der Waals surface area contributed by atoms with Crippen LogP contribution in [0.2, 0.25) is 0 Å². The molecule has 42 valence electrons. The maximum atomic E-state index is 3.65. The van der Waals surface area contributed by atoms with E-state index < -0.39 is 0 Å². The van der Waals surface area contributed by atoms with Gasteiger partial charge in [0.05, 0.1) is 0 Å². The summed E-state index contributed by atoms with van der Waals surface area (Å²) in [5.41, 5.74) is 0. The molecule has 0 heterocycles. The van der Waals surface area contributed by atoms with Crippen molar-refractivity contribution in [1.29, 1.82) is 0 Å². The molecule has 0 amide bonds. The fraction of sp³-hybridized carbons (Fsp3) is 0.600. The maximum Gasteiger partial charge on any atom is 0.0300 e. The minimum atomic E-state index is 0.593. The third kappa shape index (κ3) is 4.29. The van der Waals surface area contributed by atoms with E-state index in [9.17, 15) is 0 Å². The lowest BCUT2D eigenvalue weighted by atomic mass is 10.5. The van der Waals surface area contributed by atoms with Crippen LogP contribution in [0.15, 0.2) is 12.7 Å². The summed E-state index contributed by atoms with van der Waals surface area (Å²) in [5.74, 6) is 0. The van der Waals surface area contributed by atoms with E-state index in [0.29, 0.717) is 5.25 Å². The molecule has 0 nitrogen and oxygen atoms in total. The number of rotatable bonds is 3. The van der Waals surface area contributed by atoms with Crippen LogP contribution in [0.4, 0.5) is 0 Å². The molecule has 0 spiro atoms. The quantitative estimate of drug-likeness (QED) is 0.430. The Kier molecular flexibility index (Phi) is 4.88. The highest BCUT2D eigenvalue weighted by Gasteiger charge is 1.90. The standard InChI is InChI=1S/C5H10S2/c1-4-5(2)7-6-3/h4-5H,1H2,2-3H3/t5-/m0/s1. The van der Waals surface area contributed by atoms with Gasteiger partial charge in [0, 0.05) is 5.25 Å². The summed E-state index contributed by atoms with van der Waals surface area (Å²) in [7, 11) is 3.61. The number of hydrogen-bond donors (Lipinski definition) is 0. The highest BCUT2D eigenvalue weighted by molar-refractivity contribution is 8.76. The molecule has 2 heteroatoms. The molecular formula is C5H10S2. The van der Waals surface area contributed by atoms with E-state index in [1.807, 2.05) is 16.9 Å². The Morgan fingerprint density at radius 3 is 2.43 bits per heavy atom. The van der Waals surface area contributed by atoms with Crippen molar-refractivity contribution < 1.29 is 0 Å². The van der Waals surface area contributed by atoms with Gasteiger partial charge in [-0.2, -0.15) is 0 Å². The molecule has 0 rings (SSSR count). The summed E-state index contributed by atoms with van der Waals surface area (Å²) in [5, 5.41) is 0.593. The molecule has 0 aliphatic rings. The van der Waals surface area contributed by atoms with Gasteiger partial charge in [-0.1, -0.05) is 27.7 Å². The topological polar surface area (TPSA) is 0 Å². The van der Waals surface area contributed by atoms with Gasteiger partial charge in [-0.05, 0) is 13.2 Å². The first-order chi connectivity index (χ1) is 3.31. The average Bonchev–Trinajstić information content (AvgIpc) is 1.68. The van der Waals surface area contributed by atoms with Gasteiger partial charge in [0.1, 0.15) is 0 Å². The van der Waals surface area contributed by atoms with Crippen LogP contribution in [0.1, 0.15) is 6.92 Å². The lowest BCUT2D eigenvalue weighted by Gasteiger charge is -1.97. The Morgan fingerprint density at radius 2 is 2.29 bits per heavy atom. The van der Waals surface area contributed by atoms with Gasteiger partial charge in [0.25, 0.3) is 0 Å². The third-order valence-electron chi connectivity index (χ3n) is 0.580. The third-order valence-corrected chi connectivity index (χ3v) is 2.76. The Bertz CT molecular complexity index is 52.0. The van der Waals surface area contributed by atoms with Crippen LogP contribution in [0.3, 0.4) is 0 Å². The molecule has 0 saturated carbocycles. The van der Waals surface area contributed by atoms with Gasteiger partial charge in [-0.15, -0.1) is 6.58 Å². The first-order valence-electron chi connectivity index (χ1n) is 2.13. The van der Waals surface area contributed by atoms with Crippen molar-refractivity contribution in [2.24, 2.45) is 0 Å². The largest absolute Gasteiger partial charge is 0.102 e. The number of hydrogen-bond acceptors (Lipinski definition) is 2. The fourth-order valence-electron chi connectivity index (χ4n) is 0.191. The van der Waals surface area contributed by atoms with Gasteiger partial charge in [-0.3, -0.25) is 0 Å². The van der Waals surface area contributed by atoms with Gasteiger partial charge in [0.15, 0.2) is 0 Å². The second-order valence-corrected chi connectivity index (χ2v) is 4.05. The molecule has 0 saturated heterocycles. The molecule has 0 radical (unpaired) electrons. The van der Waals surface area contributed by atoms with Crippen LogP contribution in [-0.4, -0.2) is 11.5 Å². The van der Waals surface area contributed by atoms with Crippen LogP contribution in [0.5, 0.6) is 0 Å². The van der Waals surface area contributed by atoms with E-state index in [-0.39, 0.29) is 0 Å². The smallest absolute Gasteiger partial charge is 0.0300 e. The Labute approximate surface area is 53.2 Å². The molecule has 0 N–H and O–H groups in total. The normalized spacial score (nSPS) is 13.4. The predicted octanol–water partition coefficient (Wildman–Crippen LogP) is 2.57. The first-order valence-corrected chi connectivity index (χ1v) is 4.75. The molecule has 0 aromatic heterocycles. The van der Waals surface area contributed by atoms with Gasteiger partial charge >= 0.3 is 0 Å². The zero-order valence-corrected chi connectivity index (χ0v) is 6.31. The molecular weight excluding hydrogens is 124 g/mol. The van der Waals surface area contributed by atoms with Crippen molar-refractivity contribution in [2.75, 3.05) is 6.26 Å². The van der Waals surface area contributed by atoms with Crippen molar-refractivity contribution in [3.63, 3.8) is 0 Å². The molecule has 7 heavy (non-hydrogen) atoms. The van der Waals surface area contributed by atoms with Gasteiger partial charge in [0.2, 0.25) is 0 Å². The van der Waals surface area contributed by atoms with Crippen molar-refractivity contribution >= 4 is 21.6 Å². The van der Waals surface area contributed by atoms with Crippen LogP contribution in [0, 0.1) is 0 Å². The highest BCUT2D eigenvalue weighted by atomic mass is 33.1. The second kappa shape index (κ2) is 4.60. The minimum Gasteiger partial charge on any atom is -0.102 e. The highest BCUT2D eigenvalue weighted by Crippen LogP contribution is 2.23. The Hall–Kier alpha value is 0.440. The van der Waals surface area contributed by atoms with Crippen LogP contribution < -0.4 is 0 Å². The van der Waals surface area contributed by atoms with E-state index in [2.05, 4.69) is 19.8 Å². The summed E-state index contributed by atoms with van der Waals surface area (Å²) in [6, 6.07) is 0. The van der Waals surface area contributed by atoms with Gasteiger partial charge in [-0.25, -0.2) is 0 Å². The lowest BCUT2D eigenvalue weighted by Crippen LogP contribution is -1.82. The summed E-state index contributed by atoms with van der Waals surface area (Å²) in [4.78, 5) is 0. The molecule has 0 aliphatic heterocycles. The van der Waals surface area contributed by atoms with Crippen molar-refractivity contribution in [2.45, 2.75) is 12.2 Å². The zero-order chi connectivity index (χ0) is 5.70. The molecule has 0 aromatic carbocycles. The van der Waals surface area contributed by atoms with E-state index >= 15 is 0 Å². The summed E-state index contributed by atoms with van der Waals surface area (Å²) < 4.78 is 0. The Balaban J connectivity index is 2.98. The second-order valence-electron chi connectivity index (χ2n) is 1.20. The predicted molar refractivity (Wildman–Crippen MR) is 40.8 cm³/mol. The van der Waals surface area contributed by atoms with E-state index in [1.54, 1.807) is 10.8 Å². The molecule has 0 aromatic rings. The van der Waals surface area contributed by atoms with E-state index in [4.69, 9.17) is 0 Å². The molecule has 0 fully saturated rings. The maximum absolute atomic E-state index is 3.65. The average molecular weight is 134 g/mol. The summed E-state index contributed by atoms with van der Waals surface area (Å²) in [6.07, 6.45) is 4.02. The van der Waals surface area contributed by atoms with E-state index in [1.165, 1.54) is 0 Å². The minimum absolute atomic E-state index is 0.593. The van der Waals surface area contributed by atoms with Crippen molar-refractivity contribution in [3.05, 3.63) is 12.7 Å². The molecule has 0 bridgehead atoms. The van der Waals surface area contributed by atoms with Crippen LogP contribution in [-0.2, 0) is 0 Å². The van der Waals surface area contributed by atoms with E-state index in [0.717, 1.165) is 0 Å². The lowest BCUT2D eigenvalue weighted by molar-refractivity contribution is 1.27. The van der Waals surface area contributed by atoms with Crippen molar-refractivity contribution in [3.8, 4) is 0 Å². The zero-order valence-electron chi connectivity index (χ0n) is 4.68. The SMILES string of the molecule is C=C[C@H](C)SSC. The monoisotopic (exact) mass is 134 g/mol.